The summed E-state index contributed by atoms with van der Waals surface area (Å²) in [5.74, 6) is -2.33. The zero-order valence-corrected chi connectivity index (χ0v) is 11.2. The summed E-state index contributed by atoms with van der Waals surface area (Å²) in [6.07, 6.45) is 0. The van der Waals surface area contributed by atoms with E-state index in [0.717, 1.165) is 5.56 Å². The molecule has 1 saturated carbocycles. The summed E-state index contributed by atoms with van der Waals surface area (Å²) in [6, 6.07) is 9.56. The highest BCUT2D eigenvalue weighted by Crippen LogP contribution is 2.67. The first-order valence-electron chi connectivity index (χ1n) is 6.41. The van der Waals surface area contributed by atoms with Gasteiger partial charge in [-0.2, -0.15) is 0 Å². The molecule has 100 valence electrons. The first-order valence-corrected chi connectivity index (χ1v) is 6.41. The lowest BCUT2D eigenvalue weighted by Crippen LogP contribution is -2.48. The van der Waals surface area contributed by atoms with Crippen LogP contribution in [0.4, 0.5) is 0 Å². The molecule has 1 aliphatic heterocycles. The maximum Gasteiger partial charge on any atom is 0.327 e. The molecule has 4 heteroatoms. The molecule has 1 heterocycles. The molecule has 2 fully saturated rings. The summed E-state index contributed by atoms with van der Waals surface area (Å²) < 4.78 is 10.5. The molecule has 1 aromatic carbocycles. The monoisotopic (exact) mass is 260 g/mol. The van der Waals surface area contributed by atoms with Crippen LogP contribution in [0.5, 0.6) is 0 Å². The van der Waals surface area contributed by atoms with Crippen molar-refractivity contribution in [2.75, 3.05) is 0 Å². The van der Waals surface area contributed by atoms with Gasteiger partial charge in [-0.3, -0.25) is 9.59 Å². The van der Waals surface area contributed by atoms with Crippen LogP contribution in [-0.4, -0.2) is 17.7 Å². The van der Waals surface area contributed by atoms with Crippen molar-refractivity contribution in [2.24, 2.45) is 11.3 Å². The van der Waals surface area contributed by atoms with Crippen molar-refractivity contribution in [1.29, 1.82) is 0 Å². The molecule has 2 atom stereocenters. The third-order valence-corrected chi connectivity index (χ3v) is 4.11. The quantitative estimate of drug-likeness (QED) is 0.574. The number of hydrogen-bond donors (Lipinski definition) is 0. The Morgan fingerprint density at radius 3 is 2.05 bits per heavy atom. The second-order valence-electron chi connectivity index (χ2n) is 5.72. The van der Waals surface area contributed by atoms with E-state index in [1.807, 2.05) is 37.3 Å². The lowest BCUT2D eigenvalue weighted by atomic mass is 9.97. The Bertz CT molecular complexity index is 527. The zero-order chi connectivity index (χ0) is 13.8. The predicted octanol–water partition coefficient (Wildman–Crippen LogP) is 2.24. The molecule has 0 unspecified atom stereocenters. The van der Waals surface area contributed by atoms with Gasteiger partial charge in [0.2, 0.25) is 0 Å². The van der Waals surface area contributed by atoms with Crippen molar-refractivity contribution in [3.8, 4) is 0 Å². The second-order valence-corrected chi connectivity index (χ2v) is 5.72. The number of carbonyl (C=O) groups is 2. The van der Waals surface area contributed by atoms with Crippen LogP contribution in [-0.2, 0) is 19.1 Å². The maximum absolute atomic E-state index is 12.3. The lowest BCUT2D eigenvalue weighted by Gasteiger charge is -2.33. The van der Waals surface area contributed by atoms with Crippen molar-refractivity contribution in [2.45, 2.75) is 32.5 Å². The molecule has 3 rings (SSSR count). The molecule has 1 saturated heterocycles. The van der Waals surface area contributed by atoms with Crippen LogP contribution in [0.3, 0.4) is 0 Å². The lowest BCUT2D eigenvalue weighted by molar-refractivity contribution is -0.244. The van der Waals surface area contributed by atoms with E-state index in [2.05, 4.69) is 0 Å². The summed E-state index contributed by atoms with van der Waals surface area (Å²) in [5.41, 5.74) is -0.166. The molecule has 0 amide bonds. The first kappa shape index (κ1) is 12.2. The van der Waals surface area contributed by atoms with E-state index < -0.39 is 23.1 Å². The molecule has 4 nitrogen and oxygen atoms in total. The van der Waals surface area contributed by atoms with Gasteiger partial charge in [0.25, 0.3) is 5.79 Å². The van der Waals surface area contributed by atoms with Gasteiger partial charge >= 0.3 is 11.9 Å². The van der Waals surface area contributed by atoms with Crippen molar-refractivity contribution in [1.82, 2.24) is 0 Å². The third kappa shape index (κ3) is 1.52. The third-order valence-electron chi connectivity index (χ3n) is 4.11. The van der Waals surface area contributed by atoms with E-state index in [1.165, 1.54) is 0 Å². The number of cyclic esters (lactones) is 2. The van der Waals surface area contributed by atoms with E-state index in [9.17, 15) is 9.59 Å². The van der Waals surface area contributed by atoms with Crippen LogP contribution in [0.1, 0.15) is 32.3 Å². The van der Waals surface area contributed by atoms with E-state index in [-0.39, 0.29) is 11.8 Å². The van der Waals surface area contributed by atoms with E-state index in [0.29, 0.717) is 0 Å². The molecule has 1 aromatic rings. The minimum Gasteiger partial charge on any atom is -0.422 e. The van der Waals surface area contributed by atoms with Crippen LogP contribution >= 0.6 is 0 Å². The van der Waals surface area contributed by atoms with Crippen molar-refractivity contribution in [3.63, 3.8) is 0 Å². The van der Waals surface area contributed by atoms with E-state index in [4.69, 9.17) is 9.47 Å². The zero-order valence-electron chi connectivity index (χ0n) is 11.2. The first-order chi connectivity index (χ1) is 8.89. The number of hydrogen-bond acceptors (Lipinski definition) is 4. The Hall–Kier alpha value is -1.84. The molecule has 0 N–H and O–H groups in total. The maximum atomic E-state index is 12.3. The Morgan fingerprint density at radius 1 is 1.00 bits per heavy atom. The minimum atomic E-state index is -1.16. The van der Waals surface area contributed by atoms with Crippen LogP contribution < -0.4 is 0 Å². The molecule has 0 aromatic heterocycles. The van der Waals surface area contributed by atoms with Crippen LogP contribution in [0.2, 0.25) is 0 Å². The summed E-state index contributed by atoms with van der Waals surface area (Å²) >= 11 is 0. The average Bonchev–Trinajstić information content (AvgIpc) is 2.94. The highest BCUT2D eigenvalue weighted by molar-refractivity contribution is 6.07. The molecule has 1 spiro atoms. The van der Waals surface area contributed by atoms with Gasteiger partial charge in [0.15, 0.2) is 5.41 Å². The van der Waals surface area contributed by atoms with Gasteiger partial charge in [0.1, 0.15) is 0 Å². The second kappa shape index (κ2) is 3.59. The predicted molar refractivity (Wildman–Crippen MR) is 67.0 cm³/mol. The average molecular weight is 260 g/mol. The van der Waals surface area contributed by atoms with E-state index in [1.54, 1.807) is 13.8 Å². The number of rotatable bonds is 1. The summed E-state index contributed by atoms with van der Waals surface area (Å²) in [5, 5.41) is 0. The standard InChI is InChI=1S/C15H16O4/c1-9-11(10-7-5-4-6-8-10)15(9)12(16)18-14(2,3)19-13(15)17/h4-9,11H,1-3H3/t9-,11+/m1/s1. The molecule has 0 bridgehead atoms. The molecule has 2 aliphatic rings. The van der Waals surface area contributed by atoms with Crippen LogP contribution in [0.15, 0.2) is 30.3 Å². The Balaban J connectivity index is 1.98. The Kier molecular flexibility index (Phi) is 2.31. The van der Waals surface area contributed by atoms with Crippen LogP contribution in [0.25, 0.3) is 0 Å². The van der Waals surface area contributed by atoms with Crippen LogP contribution in [0, 0.1) is 11.3 Å². The van der Waals surface area contributed by atoms with Gasteiger partial charge in [-0.1, -0.05) is 37.3 Å². The molecule has 19 heavy (non-hydrogen) atoms. The number of carbonyl (C=O) groups excluding carboxylic acids is 2. The van der Waals surface area contributed by atoms with Crippen molar-refractivity contribution >= 4 is 11.9 Å². The number of ether oxygens (including phenoxy) is 2. The number of esters is 2. The van der Waals surface area contributed by atoms with Crippen molar-refractivity contribution in [3.05, 3.63) is 35.9 Å². The fourth-order valence-electron chi connectivity index (χ4n) is 3.12. The molecular formula is C15H16O4. The highest BCUT2D eigenvalue weighted by Gasteiger charge is 2.77. The fourth-order valence-corrected chi connectivity index (χ4v) is 3.12. The Labute approximate surface area is 111 Å². The topological polar surface area (TPSA) is 52.6 Å². The molecular weight excluding hydrogens is 244 g/mol. The van der Waals surface area contributed by atoms with Gasteiger partial charge in [-0.25, -0.2) is 0 Å². The largest absolute Gasteiger partial charge is 0.422 e. The van der Waals surface area contributed by atoms with Gasteiger partial charge in [-0.05, 0) is 11.5 Å². The Morgan fingerprint density at radius 2 is 1.53 bits per heavy atom. The molecule has 1 aliphatic carbocycles. The highest BCUT2D eigenvalue weighted by atomic mass is 16.7. The fraction of sp³-hybridized carbons (Fsp3) is 0.467. The van der Waals surface area contributed by atoms with Gasteiger partial charge in [0, 0.05) is 19.8 Å². The minimum absolute atomic E-state index is 0.0917. The van der Waals surface area contributed by atoms with Crippen molar-refractivity contribution < 1.29 is 19.1 Å². The van der Waals surface area contributed by atoms with Gasteiger partial charge < -0.3 is 9.47 Å². The van der Waals surface area contributed by atoms with E-state index >= 15 is 0 Å². The molecule has 0 radical (unpaired) electrons. The normalized spacial score (nSPS) is 30.7. The summed E-state index contributed by atoms with van der Waals surface area (Å²) in [6.45, 7) is 5.03. The summed E-state index contributed by atoms with van der Waals surface area (Å²) in [7, 11) is 0. The summed E-state index contributed by atoms with van der Waals surface area (Å²) in [4.78, 5) is 24.6. The smallest absolute Gasteiger partial charge is 0.327 e. The SMILES string of the molecule is C[C@@H]1[C@@H](c2ccccc2)C12C(=O)OC(C)(C)OC2=O. The number of benzene rings is 1. The van der Waals surface area contributed by atoms with Gasteiger partial charge in [0.05, 0.1) is 0 Å². The van der Waals surface area contributed by atoms with Gasteiger partial charge in [-0.15, -0.1) is 0 Å².